The molecule has 0 unspecified atom stereocenters. The van der Waals surface area contributed by atoms with E-state index in [9.17, 15) is 4.79 Å². The zero-order valence-electron chi connectivity index (χ0n) is 6.03. The van der Waals surface area contributed by atoms with Crippen molar-refractivity contribution in [3.8, 4) is 0 Å². The number of imidazole rings is 1. The maximum Gasteiger partial charge on any atom is 0.325 e. The second kappa shape index (κ2) is 3.05. The van der Waals surface area contributed by atoms with Crippen LogP contribution in [0.1, 0.15) is 6.92 Å². The number of rotatable bonds is 3. The van der Waals surface area contributed by atoms with Crippen LogP contribution in [0, 0.1) is 0 Å². The third-order valence-electron chi connectivity index (χ3n) is 1.24. The van der Waals surface area contributed by atoms with Gasteiger partial charge in [-0.05, 0) is 6.92 Å². The lowest BCUT2D eigenvalue weighted by Crippen LogP contribution is -2.25. The van der Waals surface area contributed by atoms with Gasteiger partial charge in [0.05, 0.1) is 12.5 Å². The highest BCUT2D eigenvalue weighted by molar-refractivity contribution is 5.76. The molecule has 1 rings (SSSR count). The van der Waals surface area contributed by atoms with Crippen molar-refractivity contribution in [2.24, 2.45) is 0 Å². The van der Waals surface area contributed by atoms with Gasteiger partial charge in [0.1, 0.15) is 11.9 Å². The molecule has 0 aliphatic heterocycles. The van der Waals surface area contributed by atoms with Crippen molar-refractivity contribution >= 4 is 11.8 Å². The molecule has 1 aromatic rings. The number of hydrogen-bond donors (Lipinski definition) is 3. The van der Waals surface area contributed by atoms with Crippen LogP contribution in [-0.4, -0.2) is 27.1 Å². The molecule has 0 spiro atoms. The second-order valence-corrected chi connectivity index (χ2v) is 2.17. The smallest absolute Gasteiger partial charge is 0.325 e. The summed E-state index contributed by atoms with van der Waals surface area (Å²) in [5.41, 5.74) is 0. The van der Waals surface area contributed by atoms with Crippen molar-refractivity contribution in [2.75, 3.05) is 5.32 Å². The molecule has 0 saturated carbocycles. The Labute approximate surface area is 63.5 Å². The van der Waals surface area contributed by atoms with Gasteiger partial charge in [-0.1, -0.05) is 0 Å². The van der Waals surface area contributed by atoms with Crippen LogP contribution >= 0.6 is 0 Å². The predicted molar refractivity (Wildman–Crippen MR) is 39.3 cm³/mol. The normalized spacial score (nSPS) is 12.5. The first-order valence-corrected chi connectivity index (χ1v) is 3.18. The van der Waals surface area contributed by atoms with E-state index in [-0.39, 0.29) is 0 Å². The van der Waals surface area contributed by atoms with Crippen LogP contribution in [0.5, 0.6) is 0 Å². The van der Waals surface area contributed by atoms with E-state index >= 15 is 0 Å². The van der Waals surface area contributed by atoms with Crippen LogP contribution in [0.3, 0.4) is 0 Å². The number of aromatic nitrogens is 2. The van der Waals surface area contributed by atoms with E-state index in [0.29, 0.717) is 5.82 Å². The molecule has 1 atom stereocenters. The standard InChI is InChI=1S/C6H9N3O2/c1-4(6(10)11)9-5-2-7-3-8-5/h2-4,9H,1H3,(H,7,8)(H,10,11)/t4-/m0/s1. The first-order chi connectivity index (χ1) is 5.20. The Morgan fingerprint density at radius 3 is 3.09 bits per heavy atom. The van der Waals surface area contributed by atoms with Gasteiger partial charge >= 0.3 is 5.97 Å². The van der Waals surface area contributed by atoms with Gasteiger partial charge < -0.3 is 15.4 Å². The van der Waals surface area contributed by atoms with Crippen molar-refractivity contribution < 1.29 is 9.90 Å². The number of anilines is 1. The average Bonchev–Trinajstić information content (AvgIpc) is 2.39. The Hall–Kier alpha value is -1.52. The lowest BCUT2D eigenvalue weighted by atomic mass is 10.3. The van der Waals surface area contributed by atoms with E-state index in [1.54, 1.807) is 6.92 Å². The van der Waals surface area contributed by atoms with Crippen LogP contribution in [-0.2, 0) is 4.79 Å². The fourth-order valence-corrected chi connectivity index (χ4v) is 0.630. The van der Waals surface area contributed by atoms with Gasteiger partial charge in [-0.15, -0.1) is 0 Å². The maximum atomic E-state index is 10.3. The quantitative estimate of drug-likeness (QED) is 0.586. The third-order valence-corrected chi connectivity index (χ3v) is 1.24. The van der Waals surface area contributed by atoms with Crippen LogP contribution in [0.4, 0.5) is 5.82 Å². The first-order valence-electron chi connectivity index (χ1n) is 3.18. The molecule has 60 valence electrons. The number of aromatic amines is 1. The lowest BCUT2D eigenvalue weighted by Gasteiger charge is -2.06. The van der Waals surface area contributed by atoms with Crippen LogP contribution in [0.15, 0.2) is 12.5 Å². The summed E-state index contributed by atoms with van der Waals surface area (Å²) < 4.78 is 0. The Morgan fingerprint density at radius 2 is 2.64 bits per heavy atom. The lowest BCUT2D eigenvalue weighted by molar-refractivity contribution is -0.137. The Morgan fingerprint density at radius 1 is 1.91 bits per heavy atom. The molecule has 1 heterocycles. The van der Waals surface area contributed by atoms with E-state index in [1.807, 2.05) is 0 Å². The highest BCUT2D eigenvalue weighted by atomic mass is 16.4. The number of H-pyrrole nitrogens is 1. The van der Waals surface area contributed by atoms with Crippen LogP contribution < -0.4 is 5.32 Å². The Bertz CT molecular complexity index is 232. The van der Waals surface area contributed by atoms with Crippen molar-refractivity contribution in [2.45, 2.75) is 13.0 Å². The second-order valence-electron chi connectivity index (χ2n) is 2.17. The monoisotopic (exact) mass is 155 g/mol. The van der Waals surface area contributed by atoms with E-state index < -0.39 is 12.0 Å². The minimum absolute atomic E-state index is 0.601. The maximum absolute atomic E-state index is 10.3. The largest absolute Gasteiger partial charge is 0.480 e. The SMILES string of the molecule is C[C@H](Nc1cnc[nH]1)C(=O)O. The molecule has 0 saturated heterocycles. The summed E-state index contributed by atoms with van der Waals surface area (Å²) >= 11 is 0. The highest BCUT2D eigenvalue weighted by Crippen LogP contribution is 2.00. The fraction of sp³-hybridized carbons (Fsp3) is 0.333. The van der Waals surface area contributed by atoms with Gasteiger partial charge in [0.2, 0.25) is 0 Å². The molecule has 5 heteroatoms. The van der Waals surface area contributed by atoms with Crippen molar-refractivity contribution in [3.63, 3.8) is 0 Å². The van der Waals surface area contributed by atoms with Crippen molar-refractivity contribution in [3.05, 3.63) is 12.5 Å². The van der Waals surface area contributed by atoms with Crippen LogP contribution in [0.25, 0.3) is 0 Å². The summed E-state index contributed by atoms with van der Waals surface area (Å²) in [5, 5.41) is 11.2. The number of hydrogen-bond acceptors (Lipinski definition) is 3. The van der Waals surface area contributed by atoms with Gasteiger partial charge in [-0.2, -0.15) is 0 Å². The molecule has 0 amide bonds. The number of aliphatic carboxylic acids is 1. The topological polar surface area (TPSA) is 78.0 Å². The minimum atomic E-state index is -0.889. The summed E-state index contributed by atoms with van der Waals surface area (Å²) in [4.78, 5) is 16.8. The molecular formula is C6H9N3O2. The number of nitrogens with one attached hydrogen (secondary N) is 2. The number of carboxylic acid groups (broad SMARTS) is 1. The van der Waals surface area contributed by atoms with E-state index in [0.717, 1.165) is 0 Å². The molecule has 5 nitrogen and oxygen atoms in total. The third kappa shape index (κ3) is 1.96. The molecular weight excluding hydrogens is 146 g/mol. The summed E-state index contributed by atoms with van der Waals surface area (Å²) in [5.74, 6) is -0.278. The first kappa shape index (κ1) is 7.59. The van der Waals surface area contributed by atoms with Crippen molar-refractivity contribution in [1.29, 1.82) is 0 Å². The molecule has 1 aromatic heterocycles. The molecule has 0 radical (unpaired) electrons. The minimum Gasteiger partial charge on any atom is -0.480 e. The van der Waals surface area contributed by atoms with E-state index in [4.69, 9.17) is 5.11 Å². The van der Waals surface area contributed by atoms with Gasteiger partial charge in [-0.25, -0.2) is 4.98 Å². The number of nitrogens with zero attached hydrogens (tertiary/aromatic N) is 1. The highest BCUT2D eigenvalue weighted by Gasteiger charge is 2.09. The summed E-state index contributed by atoms with van der Waals surface area (Å²) in [6, 6.07) is -0.601. The number of carbonyl (C=O) groups is 1. The average molecular weight is 155 g/mol. The van der Waals surface area contributed by atoms with E-state index in [1.165, 1.54) is 12.5 Å². The molecule has 0 aromatic carbocycles. The molecule has 0 aliphatic rings. The molecule has 0 bridgehead atoms. The number of carboxylic acids is 1. The van der Waals surface area contributed by atoms with Gasteiger partial charge in [0.15, 0.2) is 0 Å². The summed E-state index contributed by atoms with van der Waals surface area (Å²) in [6.07, 6.45) is 3.01. The summed E-state index contributed by atoms with van der Waals surface area (Å²) in [6.45, 7) is 1.56. The Kier molecular flexibility index (Phi) is 2.10. The van der Waals surface area contributed by atoms with Crippen LogP contribution in [0.2, 0.25) is 0 Å². The predicted octanol–water partition coefficient (Wildman–Crippen LogP) is 0.295. The fourth-order valence-electron chi connectivity index (χ4n) is 0.630. The van der Waals surface area contributed by atoms with Crippen molar-refractivity contribution in [1.82, 2.24) is 9.97 Å². The van der Waals surface area contributed by atoms with E-state index in [2.05, 4.69) is 15.3 Å². The van der Waals surface area contributed by atoms with Gasteiger partial charge in [-0.3, -0.25) is 4.79 Å². The Balaban J connectivity index is 2.50. The molecule has 3 N–H and O–H groups in total. The summed E-state index contributed by atoms with van der Waals surface area (Å²) in [7, 11) is 0. The zero-order valence-corrected chi connectivity index (χ0v) is 6.03. The molecule has 0 aliphatic carbocycles. The molecule has 11 heavy (non-hydrogen) atoms. The zero-order chi connectivity index (χ0) is 8.27. The van der Waals surface area contributed by atoms with Gasteiger partial charge in [0.25, 0.3) is 0 Å². The van der Waals surface area contributed by atoms with Gasteiger partial charge in [0, 0.05) is 0 Å². The molecule has 0 fully saturated rings.